The number of nitriles is 1. The first-order valence-electron chi connectivity index (χ1n) is 14.2. The molecule has 6 heterocycles. The largest absolute Gasteiger partial charge is 0.481 e. The van der Waals surface area contributed by atoms with Gasteiger partial charge in [0, 0.05) is 74.5 Å². The number of aromatic nitrogens is 4. The van der Waals surface area contributed by atoms with Crippen molar-refractivity contribution in [1.82, 2.24) is 29.4 Å². The molecular formula is C31H36N8O. The molecule has 0 aliphatic carbocycles. The van der Waals surface area contributed by atoms with Gasteiger partial charge in [0.15, 0.2) is 0 Å². The van der Waals surface area contributed by atoms with Gasteiger partial charge in [-0.3, -0.25) is 9.80 Å². The smallest absolute Gasteiger partial charge is 0.212 e. The van der Waals surface area contributed by atoms with Crippen molar-refractivity contribution in [3.8, 4) is 23.1 Å². The highest BCUT2D eigenvalue weighted by Crippen LogP contribution is 2.30. The molecule has 2 aliphatic heterocycles. The zero-order chi connectivity index (χ0) is 27.5. The molecule has 0 aromatic carbocycles. The summed E-state index contributed by atoms with van der Waals surface area (Å²) in [6.07, 6.45) is 11.2. The Morgan fingerprint density at radius 1 is 0.975 bits per heavy atom. The zero-order valence-corrected chi connectivity index (χ0v) is 23.3. The molecule has 0 N–H and O–H groups in total. The predicted octanol–water partition coefficient (Wildman–Crippen LogP) is 4.37. The molecule has 4 aromatic rings. The fourth-order valence-electron chi connectivity index (χ4n) is 6.05. The van der Waals surface area contributed by atoms with Gasteiger partial charge in [-0.15, -0.1) is 0 Å². The number of nitrogens with zero attached hydrogens (tertiary/aromatic N) is 8. The summed E-state index contributed by atoms with van der Waals surface area (Å²) < 4.78 is 7.06. The van der Waals surface area contributed by atoms with Crippen molar-refractivity contribution in [1.29, 1.82) is 5.26 Å². The van der Waals surface area contributed by atoms with Gasteiger partial charge in [0.1, 0.15) is 11.9 Å². The van der Waals surface area contributed by atoms with Crippen LogP contribution in [0.15, 0.2) is 55.1 Å². The van der Waals surface area contributed by atoms with Gasteiger partial charge in [0.2, 0.25) is 5.88 Å². The molecule has 0 saturated carbocycles. The lowest BCUT2D eigenvalue weighted by molar-refractivity contribution is 0.163. The summed E-state index contributed by atoms with van der Waals surface area (Å²) in [5, 5.41) is 14.2. The summed E-state index contributed by atoms with van der Waals surface area (Å²) in [7, 11) is 1.64. The van der Waals surface area contributed by atoms with E-state index < -0.39 is 0 Å². The van der Waals surface area contributed by atoms with Gasteiger partial charge in [-0.2, -0.15) is 10.4 Å². The van der Waals surface area contributed by atoms with E-state index in [0.29, 0.717) is 17.5 Å². The van der Waals surface area contributed by atoms with Crippen LogP contribution in [0.25, 0.3) is 16.6 Å². The Morgan fingerprint density at radius 3 is 2.55 bits per heavy atom. The number of hydrogen-bond donors (Lipinski definition) is 0. The Kier molecular flexibility index (Phi) is 7.62. The van der Waals surface area contributed by atoms with Crippen LogP contribution in [0.2, 0.25) is 0 Å². The van der Waals surface area contributed by atoms with Crippen LogP contribution in [0.1, 0.15) is 42.9 Å². The lowest BCUT2D eigenvalue weighted by Gasteiger charge is -2.41. The Bertz CT molecular complexity index is 1490. The van der Waals surface area contributed by atoms with E-state index in [1.807, 2.05) is 23.0 Å². The molecular weight excluding hydrogens is 500 g/mol. The SMILES string of the molecule is CCC1CN(c2ccc(-c3cc(CN4CCCC4)cn4ncc(C#N)c34)cn2)CCN1Cc1ccc(OC)nc1. The van der Waals surface area contributed by atoms with Gasteiger partial charge in [0.25, 0.3) is 0 Å². The maximum absolute atomic E-state index is 9.75. The van der Waals surface area contributed by atoms with Crippen LogP contribution in [-0.2, 0) is 13.1 Å². The van der Waals surface area contributed by atoms with Crippen LogP contribution < -0.4 is 9.64 Å². The van der Waals surface area contributed by atoms with Crippen LogP contribution in [0.5, 0.6) is 5.88 Å². The van der Waals surface area contributed by atoms with E-state index in [9.17, 15) is 5.26 Å². The highest BCUT2D eigenvalue weighted by molar-refractivity contribution is 5.84. The van der Waals surface area contributed by atoms with Crippen molar-refractivity contribution in [2.24, 2.45) is 0 Å². The van der Waals surface area contributed by atoms with E-state index in [1.54, 1.807) is 13.3 Å². The van der Waals surface area contributed by atoms with Crippen LogP contribution in [-0.4, -0.2) is 75.3 Å². The molecule has 9 nitrogen and oxygen atoms in total. The molecule has 2 fully saturated rings. The predicted molar refractivity (Wildman–Crippen MR) is 155 cm³/mol. The molecule has 1 atom stereocenters. The average molecular weight is 537 g/mol. The Morgan fingerprint density at radius 2 is 1.85 bits per heavy atom. The third kappa shape index (κ3) is 5.37. The van der Waals surface area contributed by atoms with E-state index in [2.05, 4.69) is 68.2 Å². The van der Waals surface area contributed by atoms with E-state index >= 15 is 0 Å². The average Bonchev–Trinajstić information content (AvgIpc) is 3.67. The minimum Gasteiger partial charge on any atom is -0.481 e. The van der Waals surface area contributed by atoms with Crippen molar-refractivity contribution in [3.05, 3.63) is 71.8 Å². The standard InChI is InChI=1S/C31H36N8O/c1-3-27-22-38(13-12-37(27)20-23-6-9-30(40-2)34-16-23)29-8-7-25(17-33-29)28-14-24(19-36-10-4-5-11-36)21-39-31(28)26(15-32)18-35-39/h6-9,14,16-18,21,27H,3-5,10-13,19-20,22H2,1-2H3. The molecule has 2 saturated heterocycles. The first kappa shape index (κ1) is 26.2. The van der Waals surface area contributed by atoms with Crippen molar-refractivity contribution >= 4 is 11.3 Å². The second-order valence-corrected chi connectivity index (χ2v) is 10.8. The summed E-state index contributed by atoms with van der Waals surface area (Å²) in [6, 6.07) is 13.3. The summed E-state index contributed by atoms with van der Waals surface area (Å²) in [5.41, 5.74) is 5.84. The highest BCUT2D eigenvalue weighted by Gasteiger charge is 2.27. The van der Waals surface area contributed by atoms with Gasteiger partial charge in [-0.25, -0.2) is 14.5 Å². The number of pyridine rings is 3. The second kappa shape index (κ2) is 11.6. The van der Waals surface area contributed by atoms with E-state index in [1.165, 1.54) is 24.0 Å². The number of piperazine rings is 1. The van der Waals surface area contributed by atoms with Crippen molar-refractivity contribution in [3.63, 3.8) is 0 Å². The number of fused-ring (bicyclic) bond motifs is 1. The summed E-state index contributed by atoms with van der Waals surface area (Å²) in [6.45, 7) is 9.12. The van der Waals surface area contributed by atoms with Crippen LogP contribution in [0.3, 0.4) is 0 Å². The van der Waals surface area contributed by atoms with Gasteiger partial charge in [0.05, 0.1) is 24.4 Å². The quantitative estimate of drug-likeness (QED) is 0.328. The molecule has 1 unspecified atom stereocenters. The number of hydrogen-bond acceptors (Lipinski definition) is 8. The molecule has 9 heteroatoms. The van der Waals surface area contributed by atoms with Crippen LogP contribution in [0, 0.1) is 11.3 Å². The van der Waals surface area contributed by atoms with Crippen molar-refractivity contribution in [2.45, 2.75) is 45.3 Å². The highest BCUT2D eigenvalue weighted by atomic mass is 16.5. The van der Waals surface area contributed by atoms with Gasteiger partial charge in [-0.05, 0) is 61.7 Å². The fraction of sp³-hybridized carbons (Fsp3) is 0.419. The Labute approximate surface area is 235 Å². The third-order valence-electron chi connectivity index (χ3n) is 8.24. The number of likely N-dealkylation sites (tertiary alicyclic amines) is 1. The minimum atomic E-state index is 0.434. The van der Waals surface area contributed by atoms with Crippen LogP contribution in [0.4, 0.5) is 5.82 Å². The zero-order valence-electron chi connectivity index (χ0n) is 23.3. The molecule has 40 heavy (non-hydrogen) atoms. The van der Waals surface area contributed by atoms with Crippen molar-refractivity contribution < 1.29 is 4.74 Å². The maximum Gasteiger partial charge on any atom is 0.212 e. The molecule has 2 aliphatic rings. The van der Waals surface area contributed by atoms with E-state index in [0.717, 1.165) is 74.7 Å². The molecule has 6 rings (SSSR count). The monoisotopic (exact) mass is 536 g/mol. The molecule has 0 amide bonds. The Balaban J connectivity index is 1.20. The van der Waals surface area contributed by atoms with E-state index in [4.69, 9.17) is 9.72 Å². The number of methoxy groups -OCH3 is 1. The van der Waals surface area contributed by atoms with E-state index in [-0.39, 0.29) is 0 Å². The lowest BCUT2D eigenvalue weighted by atomic mass is 10.0. The second-order valence-electron chi connectivity index (χ2n) is 10.8. The molecule has 4 aromatic heterocycles. The molecule has 0 bridgehead atoms. The Hall–Kier alpha value is -4.00. The molecule has 0 radical (unpaired) electrons. The fourth-order valence-corrected chi connectivity index (χ4v) is 6.05. The normalized spacial score (nSPS) is 18.3. The first-order chi connectivity index (χ1) is 19.6. The number of anilines is 1. The number of ether oxygens (including phenoxy) is 1. The summed E-state index contributed by atoms with van der Waals surface area (Å²) >= 11 is 0. The first-order valence-corrected chi connectivity index (χ1v) is 14.2. The number of rotatable bonds is 8. The summed E-state index contributed by atoms with van der Waals surface area (Å²) in [5.74, 6) is 1.64. The minimum absolute atomic E-state index is 0.434. The van der Waals surface area contributed by atoms with Gasteiger partial charge in [-0.1, -0.05) is 13.0 Å². The van der Waals surface area contributed by atoms with Crippen LogP contribution >= 0.6 is 0 Å². The van der Waals surface area contributed by atoms with Gasteiger partial charge >= 0.3 is 0 Å². The molecule has 0 spiro atoms. The van der Waals surface area contributed by atoms with Crippen molar-refractivity contribution in [2.75, 3.05) is 44.7 Å². The topological polar surface area (TPSA) is 85.8 Å². The lowest BCUT2D eigenvalue weighted by Crippen LogP contribution is -2.52. The third-order valence-corrected chi connectivity index (χ3v) is 8.24. The van der Waals surface area contributed by atoms with Gasteiger partial charge < -0.3 is 9.64 Å². The molecule has 206 valence electrons. The summed E-state index contributed by atoms with van der Waals surface area (Å²) in [4.78, 5) is 16.7. The maximum atomic E-state index is 9.75.